The summed E-state index contributed by atoms with van der Waals surface area (Å²) in [4.78, 5) is 0. The molecule has 0 aliphatic carbocycles. The van der Waals surface area contributed by atoms with Crippen molar-refractivity contribution in [2.24, 2.45) is 0 Å². The van der Waals surface area contributed by atoms with Crippen molar-refractivity contribution in [3.8, 4) is 17.2 Å². The maximum absolute atomic E-state index is 6.59. The Kier molecular flexibility index (Phi) is 9.54. The van der Waals surface area contributed by atoms with E-state index in [2.05, 4.69) is 111 Å². The Labute approximate surface area is 243 Å². The molecule has 0 saturated heterocycles. The number of nitrogens with two attached hydrogens (primary N) is 1. The average molecular weight is 546 g/mol. The van der Waals surface area contributed by atoms with Crippen molar-refractivity contribution in [3.63, 3.8) is 0 Å². The van der Waals surface area contributed by atoms with Gasteiger partial charge in [-0.3, -0.25) is 0 Å². The fraction of sp³-hybridized carbons (Fsp3) is 0.500. The highest BCUT2D eigenvalue weighted by atomic mass is 16.5. The largest absolute Gasteiger partial charge is 0.496 e. The topological polar surface area (TPSA) is 53.7 Å². The van der Waals surface area contributed by atoms with E-state index in [9.17, 15) is 0 Å². The Balaban J connectivity index is 1.91. The summed E-state index contributed by atoms with van der Waals surface area (Å²) in [5, 5.41) is 0. The molecule has 0 unspecified atom stereocenters. The van der Waals surface area contributed by atoms with Gasteiger partial charge in [0.05, 0.1) is 20.8 Å². The number of aryl methyl sites for hydroxylation is 1. The SMILES string of the molecule is COc1cccc(C(C)(C)C)c1CCCOc1cc(CC(C)(C)c2cccc(C)c2N)cc(OC)c1C(C)(C)C. The molecule has 3 rings (SSSR count). The summed E-state index contributed by atoms with van der Waals surface area (Å²) in [7, 11) is 3.50. The summed E-state index contributed by atoms with van der Waals surface area (Å²) in [6, 6.07) is 17.0. The number of ether oxygens (including phenoxy) is 3. The third-order valence-corrected chi connectivity index (χ3v) is 7.78. The monoisotopic (exact) mass is 545 g/mol. The van der Waals surface area contributed by atoms with Crippen LogP contribution in [0.3, 0.4) is 0 Å². The zero-order valence-corrected chi connectivity index (χ0v) is 26.7. The van der Waals surface area contributed by atoms with Crippen LogP contribution >= 0.6 is 0 Å². The lowest BCUT2D eigenvalue weighted by molar-refractivity contribution is 0.295. The lowest BCUT2D eigenvalue weighted by Gasteiger charge is -2.30. The molecular weight excluding hydrogens is 494 g/mol. The van der Waals surface area contributed by atoms with Gasteiger partial charge in [0.25, 0.3) is 0 Å². The van der Waals surface area contributed by atoms with Gasteiger partial charge in [-0.2, -0.15) is 0 Å². The zero-order chi connectivity index (χ0) is 29.9. The molecule has 3 aromatic carbocycles. The number of hydrogen-bond donors (Lipinski definition) is 1. The zero-order valence-electron chi connectivity index (χ0n) is 26.7. The minimum Gasteiger partial charge on any atom is -0.496 e. The van der Waals surface area contributed by atoms with E-state index in [0.717, 1.165) is 53.3 Å². The molecule has 218 valence electrons. The van der Waals surface area contributed by atoms with Gasteiger partial charge in [0.2, 0.25) is 0 Å². The molecule has 4 heteroatoms. The van der Waals surface area contributed by atoms with Gasteiger partial charge >= 0.3 is 0 Å². The van der Waals surface area contributed by atoms with Gasteiger partial charge < -0.3 is 19.9 Å². The summed E-state index contributed by atoms with van der Waals surface area (Å²) in [6.07, 6.45) is 2.58. The quantitative estimate of drug-likeness (QED) is 0.204. The minimum absolute atomic E-state index is 0.0410. The van der Waals surface area contributed by atoms with E-state index in [-0.39, 0.29) is 16.2 Å². The number of para-hydroxylation sites is 1. The highest BCUT2D eigenvalue weighted by Gasteiger charge is 2.29. The molecular formula is C36H51NO3. The van der Waals surface area contributed by atoms with E-state index < -0.39 is 0 Å². The highest BCUT2D eigenvalue weighted by molar-refractivity contribution is 5.57. The van der Waals surface area contributed by atoms with Gasteiger partial charge in [-0.15, -0.1) is 0 Å². The maximum Gasteiger partial charge on any atom is 0.126 e. The standard InChI is InChI=1S/C36H51NO3/c1-24-15-12-18-28(33(24)37)36(8,9)23-25-21-30(39-11)32(35(5,6)7)31(22-25)40-20-14-16-26-27(34(2,3)4)17-13-19-29(26)38-10/h12-13,15,17-19,21-22H,14,16,20,23,37H2,1-11H3. The Bertz CT molecular complexity index is 1310. The van der Waals surface area contributed by atoms with Gasteiger partial charge in [-0.05, 0) is 88.4 Å². The number of anilines is 1. The van der Waals surface area contributed by atoms with Crippen LogP contribution in [0.15, 0.2) is 48.5 Å². The van der Waals surface area contributed by atoms with E-state index in [1.54, 1.807) is 14.2 Å². The molecule has 2 N–H and O–H groups in total. The first-order valence-electron chi connectivity index (χ1n) is 14.5. The van der Waals surface area contributed by atoms with Crippen LogP contribution in [-0.4, -0.2) is 20.8 Å². The number of rotatable bonds is 10. The normalized spacial score (nSPS) is 12.4. The second-order valence-electron chi connectivity index (χ2n) is 13.7. The van der Waals surface area contributed by atoms with Crippen LogP contribution in [-0.2, 0) is 29.1 Å². The minimum atomic E-state index is -0.158. The summed E-state index contributed by atoms with van der Waals surface area (Å²) in [5.74, 6) is 2.71. The van der Waals surface area contributed by atoms with Crippen LogP contribution in [0, 0.1) is 6.92 Å². The van der Waals surface area contributed by atoms with E-state index >= 15 is 0 Å². The fourth-order valence-electron chi connectivity index (χ4n) is 5.79. The molecule has 0 bridgehead atoms. The van der Waals surface area contributed by atoms with Gasteiger partial charge in [0.1, 0.15) is 17.2 Å². The van der Waals surface area contributed by atoms with E-state index in [0.29, 0.717) is 6.61 Å². The lowest BCUT2D eigenvalue weighted by atomic mass is 9.77. The molecule has 0 aliphatic rings. The number of methoxy groups -OCH3 is 2. The van der Waals surface area contributed by atoms with Crippen molar-refractivity contribution in [1.82, 2.24) is 0 Å². The average Bonchev–Trinajstić information content (AvgIpc) is 2.86. The van der Waals surface area contributed by atoms with E-state index in [1.165, 1.54) is 22.3 Å². The Morgan fingerprint density at radius 3 is 1.93 bits per heavy atom. The van der Waals surface area contributed by atoms with Gasteiger partial charge in [-0.1, -0.05) is 85.7 Å². The molecule has 0 heterocycles. The van der Waals surface area contributed by atoms with Crippen LogP contribution in [0.2, 0.25) is 0 Å². The molecule has 0 aliphatic heterocycles. The van der Waals surface area contributed by atoms with Gasteiger partial charge in [0.15, 0.2) is 0 Å². The third-order valence-electron chi connectivity index (χ3n) is 7.78. The van der Waals surface area contributed by atoms with E-state index in [1.807, 2.05) is 0 Å². The Morgan fingerprint density at radius 2 is 1.32 bits per heavy atom. The molecule has 4 nitrogen and oxygen atoms in total. The second-order valence-corrected chi connectivity index (χ2v) is 13.7. The third kappa shape index (κ3) is 7.13. The number of nitrogen functional groups attached to an aromatic ring is 1. The molecule has 0 atom stereocenters. The van der Waals surface area contributed by atoms with Crippen LogP contribution < -0.4 is 19.9 Å². The molecule has 0 fully saturated rings. The van der Waals surface area contributed by atoms with Crippen molar-refractivity contribution < 1.29 is 14.2 Å². The molecule has 3 aromatic rings. The predicted octanol–water partition coefficient (Wildman–Crippen LogP) is 8.72. The van der Waals surface area contributed by atoms with Crippen molar-refractivity contribution in [3.05, 3.63) is 81.9 Å². The first-order chi connectivity index (χ1) is 18.6. The van der Waals surface area contributed by atoms with Crippen molar-refractivity contribution >= 4 is 5.69 Å². The molecule has 40 heavy (non-hydrogen) atoms. The smallest absolute Gasteiger partial charge is 0.126 e. The lowest BCUT2D eigenvalue weighted by Crippen LogP contribution is -2.23. The molecule has 0 amide bonds. The van der Waals surface area contributed by atoms with Crippen LogP contribution in [0.1, 0.15) is 95.2 Å². The summed E-state index contributed by atoms with van der Waals surface area (Å²) < 4.78 is 18.3. The maximum atomic E-state index is 6.59. The number of benzene rings is 3. The highest BCUT2D eigenvalue weighted by Crippen LogP contribution is 2.42. The fourth-order valence-corrected chi connectivity index (χ4v) is 5.79. The van der Waals surface area contributed by atoms with Crippen LogP contribution in [0.5, 0.6) is 17.2 Å². The van der Waals surface area contributed by atoms with Gasteiger partial charge in [-0.25, -0.2) is 0 Å². The first-order valence-corrected chi connectivity index (χ1v) is 14.5. The summed E-state index contributed by atoms with van der Waals surface area (Å²) in [6.45, 7) is 20.6. The van der Waals surface area contributed by atoms with Crippen LogP contribution in [0.25, 0.3) is 0 Å². The molecule has 0 radical (unpaired) electrons. The number of hydrogen-bond acceptors (Lipinski definition) is 4. The molecule has 0 saturated carbocycles. The van der Waals surface area contributed by atoms with Crippen molar-refractivity contribution in [1.29, 1.82) is 0 Å². The van der Waals surface area contributed by atoms with Gasteiger partial charge in [0, 0.05) is 11.3 Å². The van der Waals surface area contributed by atoms with Crippen molar-refractivity contribution in [2.45, 2.75) is 97.8 Å². The molecule has 0 aromatic heterocycles. The Morgan fingerprint density at radius 1 is 0.725 bits per heavy atom. The first kappa shape index (κ1) is 31.4. The predicted molar refractivity (Wildman–Crippen MR) is 170 cm³/mol. The van der Waals surface area contributed by atoms with E-state index in [4.69, 9.17) is 19.9 Å². The summed E-state index contributed by atoms with van der Waals surface area (Å²) in [5.41, 5.74) is 14.3. The molecule has 0 spiro atoms. The summed E-state index contributed by atoms with van der Waals surface area (Å²) >= 11 is 0. The van der Waals surface area contributed by atoms with Crippen LogP contribution in [0.4, 0.5) is 5.69 Å². The second kappa shape index (κ2) is 12.2. The Hall–Kier alpha value is -3.14. The van der Waals surface area contributed by atoms with Crippen molar-refractivity contribution in [2.75, 3.05) is 26.6 Å².